The van der Waals surface area contributed by atoms with Crippen LogP contribution in [-0.2, 0) is 0 Å². The number of thiazole rings is 1. The summed E-state index contributed by atoms with van der Waals surface area (Å²) in [4.78, 5) is 6.96. The van der Waals surface area contributed by atoms with Gasteiger partial charge in [0, 0.05) is 24.2 Å². The molecule has 114 valence electrons. The van der Waals surface area contributed by atoms with E-state index in [1.807, 2.05) is 0 Å². The van der Waals surface area contributed by atoms with Crippen LogP contribution < -0.4 is 10.2 Å². The van der Waals surface area contributed by atoms with Gasteiger partial charge in [-0.15, -0.1) is 11.3 Å². The van der Waals surface area contributed by atoms with Crippen molar-refractivity contribution >= 4 is 22.2 Å². The largest absolute Gasteiger partial charge is 0.321 e. The third-order valence-corrected chi connectivity index (χ3v) is 4.59. The topological polar surface area (TPSA) is 28.2 Å². The molecule has 0 amide bonds. The lowest BCUT2D eigenvalue weighted by atomic mass is 10.1. The third-order valence-electron chi connectivity index (χ3n) is 3.65. The van der Waals surface area contributed by atoms with Gasteiger partial charge in [0.1, 0.15) is 0 Å². The van der Waals surface area contributed by atoms with Crippen LogP contribution >= 0.6 is 11.3 Å². The minimum Gasteiger partial charge on any atom is -0.321 e. The summed E-state index contributed by atoms with van der Waals surface area (Å²) in [6.45, 7) is 9.66. The Morgan fingerprint density at radius 1 is 1.33 bits per heavy atom. The Kier molecular flexibility index (Phi) is 5.37. The summed E-state index contributed by atoms with van der Waals surface area (Å²) in [5.74, 6) is 0. The van der Waals surface area contributed by atoms with Crippen LogP contribution in [0.3, 0.4) is 0 Å². The molecular weight excluding hydrogens is 278 g/mol. The van der Waals surface area contributed by atoms with Crippen LogP contribution in [0.5, 0.6) is 0 Å². The fourth-order valence-electron chi connectivity index (χ4n) is 2.38. The molecular formula is C17H25N3S. The SMILES string of the molecule is CCCNC(C)c1csc(N(C)c2ccc(C)cc2C)n1. The van der Waals surface area contributed by atoms with E-state index in [2.05, 4.69) is 68.5 Å². The molecule has 0 saturated heterocycles. The smallest absolute Gasteiger partial charge is 0.189 e. The molecule has 1 aromatic carbocycles. The van der Waals surface area contributed by atoms with E-state index < -0.39 is 0 Å². The Labute approximate surface area is 132 Å². The molecule has 4 heteroatoms. The van der Waals surface area contributed by atoms with E-state index in [0.717, 1.165) is 23.8 Å². The van der Waals surface area contributed by atoms with E-state index >= 15 is 0 Å². The first kappa shape index (κ1) is 16.0. The second-order valence-electron chi connectivity index (χ2n) is 5.58. The van der Waals surface area contributed by atoms with Crippen molar-refractivity contribution in [1.82, 2.24) is 10.3 Å². The molecule has 0 fully saturated rings. The standard InChI is InChI=1S/C17H25N3S/c1-6-9-18-14(4)15-11-21-17(19-15)20(5)16-8-7-12(2)10-13(16)3/h7-8,10-11,14,18H,6,9H2,1-5H3. The molecule has 0 bridgehead atoms. The summed E-state index contributed by atoms with van der Waals surface area (Å²) in [6, 6.07) is 6.84. The maximum absolute atomic E-state index is 4.78. The summed E-state index contributed by atoms with van der Waals surface area (Å²) in [6.07, 6.45) is 1.14. The number of nitrogens with one attached hydrogen (secondary N) is 1. The van der Waals surface area contributed by atoms with Gasteiger partial charge in [0.25, 0.3) is 0 Å². The van der Waals surface area contributed by atoms with Crippen molar-refractivity contribution in [3.05, 3.63) is 40.4 Å². The number of aryl methyl sites for hydroxylation is 2. The number of benzene rings is 1. The van der Waals surface area contributed by atoms with Crippen LogP contribution in [0, 0.1) is 13.8 Å². The molecule has 0 spiro atoms. The van der Waals surface area contributed by atoms with Crippen LogP contribution in [0.15, 0.2) is 23.6 Å². The molecule has 1 heterocycles. The Morgan fingerprint density at radius 2 is 2.10 bits per heavy atom. The van der Waals surface area contributed by atoms with E-state index in [0.29, 0.717) is 6.04 Å². The first-order valence-corrected chi connectivity index (χ1v) is 8.40. The first-order chi connectivity index (χ1) is 10.0. The normalized spacial score (nSPS) is 12.4. The van der Waals surface area contributed by atoms with Gasteiger partial charge in [-0.2, -0.15) is 0 Å². The van der Waals surface area contributed by atoms with Crippen LogP contribution in [0.2, 0.25) is 0 Å². The van der Waals surface area contributed by atoms with Gasteiger partial charge in [-0.1, -0.05) is 24.6 Å². The highest BCUT2D eigenvalue weighted by molar-refractivity contribution is 7.13. The fraction of sp³-hybridized carbons (Fsp3) is 0.471. The second-order valence-corrected chi connectivity index (χ2v) is 6.42. The number of anilines is 2. The van der Waals surface area contributed by atoms with Crippen molar-refractivity contribution in [1.29, 1.82) is 0 Å². The molecule has 0 saturated carbocycles. The Hall–Kier alpha value is -1.39. The van der Waals surface area contributed by atoms with Gasteiger partial charge < -0.3 is 10.2 Å². The minimum atomic E-state index is 0.308. The van der Waals surface area contributed by atoms with Gasteiger partial charge in [-0.05, 0) is 45.4 Å². The Morgan fingerprint density at radius 3 is 2.76 bits per heavy atom. The van der Waals surface area contributed by atoms with Crippen molar-refractivity contribution < 1.29 is 0 Å². The van der Waals surface area contributed by atoms with E-state index in [1.54, 1.807) is 11.3 Å². The summed E-state index contributed by atoms with van der Waals surface area (Å²) in [5, 5.41) is 6.68. The fourth-order valence-corrected chi connectivity index (χ4v) is 3.28. The number of rotatable bonds is 6. The molecule has 0 radical (unpaired) electrons. The molecule has 1 aromatic heterocycles. The summed E-state index contributed by atoms with van der Waals surface area (Å²) in [5.41, 5.74) is 4.92. The molecule has 0 aliphatic heterocycles. The quantitative estimate of drug-likeness (QED) is 0.846. The zero-order valence-electron chi connectivity index (χ0n) is 13.6. The van der Waals surface area contributed by atoms with Gasteiger partial charge in [0.15, 0.2) is 5.13 Å². The van der Waals surface area contributed by atoms with Crippen LogP contribution in [0.25, 0.3) is 0 Å². The van der Waals surface area contributed by atoms with Gasteiger partial charge in [0.2, 0.25) is 0 Å². The molecule has 0 aliphatic carbocycles. The predicted molar refractivity (Wildman–Crippen MR) is 92.8 cm³/mol. The minimum absolute atomic E-state index is 0.308. The molecule has 1 unspecified atom stereocenters. The maximum atomic E-state index is 4.78. The third kappa shape index (κ3) is 3.83. The summed E-state index contributed by atoms with van der Waals surface area (Å²) in [7, 11) is 2.09. The molecule has 1 atom stereocenters. The number of aromatic nitrogens is 1. The summed E-state index contributed by atoms with van der Waals surface area (Å²) >= 11 is 1.70. The van der Waals surface area contributed by atoms with E-state index in [-0.39, 0.29) is 0 Å². The highest BCUT2D eigenvalue weighted by atomic mass is 32.1. The Bertz CT molecular complexity index is 591. The van der Waals surface area contributed by atoms with Crippen LogP contribution in [0.1, 0.15) is 43.1 Å². The lowest BCUT2D eigenvalue weighted by Crippen LogP contribution is -2.19. The van der Waals surface area contributed by atoms with Crippen molar-refractivity contribution in [3.8, 4) is 0 Å². The number of hydrogen-bond donors (Lipinski definition) is 1. The number of hydrogen-bond acceptors (Lipinski definition) is 4. The predicted octanol–water partition coefficient (Wildman–Crippen LogP) is 4.59. The molecule has 0 aliphatic rings. The van der Waals surface area contributed by atoms with Gasteiger partial charge in [-0.25, -0.2) is 4.98 Å². The average Bonchev–Trinajstić information content (AvgIpc) is 2.94. The van der Waals surface area contributed by atoms with Crippen LogP contribution in [0.4, 0.5) is 10.8 Å². The van der Waals surface area contributed by atoms with Gasteiger partial charge in [0.05, 0.1) is 5.69 Å². The second kappa shape index (κ2) is 7.05. The zero-order chi connectivity index (χ0) is 15.4. The van der Waals surface area contributed by atoms with E-state index in [1.165, 1.54) is 16.8 Å². The van der Waals surface area contributed by atoms with E-state index in [4.69, 9.17) is 4.98 Å². The van der Waals surface area contributed by atoms with Crippen molar-refractivity contribution in [2.75, 3.05) is 18.5 Å². The summed E-state index contributed by atoms with van der Waals surface area (Å²) < 4.78 is 0. The lowest BCUT2D eigenvalue weighted by molar-refractivity contribution is 0.561. The van der Waals surface area contributed by atoms with Gasteiger partial charge in [-0.3, -0.25) is 0 Å². The monoisotopic (exact) mass is 303 g/mol. The zero-order valence-corrected chi connectivity index (χ0v) is 14.4. The molecule has 21 heavy (non-hydrogen) atoms. The van der Waals surface area contributed by atoms with Crippen molar-refractivity contribution in [2.24, 2.45) is 0 Å². The molecule has 2 aromatic rings. The average molecular weight is 303 g/mol. The van der Waals surface area contributed by atoms with Crippen LogP contribution in [-0.4, -0.2) is 18.6 Å². The van der Waals surface area contributed by atoms with Crippen molar-refractivity contribution in [3.63, 3.8) is 0 Å². The highest BCUT2D eigenvalue weighted by Gasteiger charge is 2.14. The molecule has 3 nitrogen and oxygen atoms in total. The number of nitrogens with zero attached hydrogens (tertiary/aromatic N) is 2. The molecule has 2 rings (SSSR count). The lowest BCUT2D eigenvalue weighted by Gasteiger charge is -2.19. The molecule has 1 N–H and O–H groups in total. The highest BCUT2D eigenvalue weighted by Crippen LogP contribution is 2.31. The Balaban J connectivity index is 2.16. The van der Waals surface area contributed by atoms with E-state index in [9.17, 15) is 0 Å². The van der Waals surface area contributed by atoms with Gasteiger partial charge >= 0.3 is 0 Å². The maximum Gasteiger partial charge on any atom is 0.189 e. The first-order valence-electron chi connectivity index (χ1n) is 7.52. The van der Waals surface area contributed by atoms with Crippen molar-refractivity contribution in [2.45, 2.75) is 40.2 Å².